The molecule has 0 aromatic carbocycles. The zero-order chi connectivity index (χ0) is 11.2. The molecule has 0 saturated carbocycles. The van der Waals surface area contributed by atoms with Crippen molar-refractivity contribution in [3.8, 4) is 0 Å². The van der Waals surface area contributed by atoms with E-state index in [4.69, 9.17) is 5.73 Å². The zero-order valence-corrected chi connectivity index (χ0v) is 8.35. The lowest BCUT2D eigenvalue weighted by Gasteiger charge is -2.25. The zero-order valence-electron chi connectivity index (χ0n) is 8.35. The summed E-state index contributed by atoms with van der Waals surface area (Å²) in [6, 6.07) is 0. The highest BCUT2D eigenvalue weighted by Gasteiger charge is 2.28. The van der Waals surface area contributed by atoms with Crippen LogP contribution in [0.4, 0.5) is 8.78 Å². The average Bonchev–Trinajstić information content (AvgIpc) is 2.11. The SMILES string of the molecule is CNC(C)(CCOCC(F)F)C(N)=O. The Morgan fingerprint density at radius 2 is 2.21 bits per heavy atom. The molecule has 0 spiro atoms. The van der Waals surface area contributed by atoms with Gasteiger partial charge in [0.05, 0.1) is 5.54 Å². The van der Waals surface area contributed by atoms with E-state index in [1.807, 2.05) is 0 Å². The van der Waals surface area contributed by atoms with Crippen molar-refractivity contribution in [2.24, 2.45) is 5.73 Å². The summed E-state index contributed by atoms with van der Waals surface area (Å²) in [7, 11) is 1.58. The first-order valence-corrected chi connectivity index (χ1v) is 4.27. The number of nitrogens with one attached hydrogen (secondary N) is 1. The molecule has 4 nitrogen and oxygen atoms in total. The van der Waals surface area contributed by atoms with Crippen molar-refractivity contribution < 1.29 is 18.3 Å². The third-order valence-corrected chi connectivity index (χ3v) is 2.09. The number of rotatable bonds is 7. The van der Waals surface area contributed by atoms with Crippen molar-refractivity contribution in [2.75, 3.05) is 20.3 Å². The predicted octanol–water partition coefficient (Wildman–Crippen LogP) is 0.122. The summed E-state index contributed by atoms with van der Waals surface area (Å²) < 4.78 is 28.0. The maximum atomic E-state index is 11.7. The van der Waals surface area contributed by atoms with E-state index in [9.17, 15) is 13.6 Å². The Hall–Kier alpha value is -0.750. The number of hydrogen-bond acceptors (Lipinski definition) is 3. The van der Waals surface area contributed by atoms with E-state index in [2.05, 4.69) is 10.1 Å². The van der Waals surface area contributed by atoms with Crippen LogP contribution in [0.2, 0.25) is 0 Å². The highest BCUT2D eigenvalue weighted by Crippen LogP contribution is 2.08. The Morgan fingerprint density at radius 1 is 1.64 bits per heavy atom. The first-order chi connectivity index (χ1) is 6.42. The monoisotopic (exact) mass is 210 g/mol. The van der Waals surface area contributed by atoms with Gasteiger partial charge in [-0.1, -0.05) is 0 Å². The number of carbonyl (C=O) groups is 1. The molecule has 1 unspecified atom stereocenters. The van der Waals surface area contributed by atoms with Crippen LogP contribution < -0.4 is 11.1 Å². The molecule has 84 valence electrons. The van der Waals surface area contributed by atoms with E-state index in [0.717, 1.165) is 0 Å². The molecule has 0 saturated heterocycles. The van der Waals surface area contributed by atoms with Gasteiger partial charge in [-0.25, -0.2) is 8.78 Å². The van der Waals surface area contributed by atoms with Gasteiger partial charge < -0.3 is 15.8 Å². The molecule has 0 aliphatic heterocycles. The fraction of sp³-hybridized carbons (Fsp3) is 0.875. The highest BCUT2D eigenvalue weighted by molar-refractivity contribution is 5.84. The summed E-state index contributed by atoms with van der Waals surface area (Å²) in [6.45, 7) is 1.06. The largest absolute Gasteiger partial charge is 0.375 e. The molecule has 14 heavy (non-hydrogen) atoms. The van der Waals surface area contributed by atoms with Gasteiger partial charge >= 0.3 is 0 Å². The second-order valence-electron chi connectivity index (χ2n) is 3.16. The molecular weight excluding hydrogens is 194 g/mol. The number of halogens is 2. The van der Waals surface area contributed by atoms with Gasteiger partial charge in [0, 0.05) is 6.61 Å². The molecule has 0 fully saturated rings. The number of alkyl halides is 2. The lowest BCUT2D eigenvalue weighted by molar-refractivity contribution is -0.124. The number of primary amides is 1. The Bertz CT molecular complexity index is 190. The highest BCUT2D eigenvalue weighted by atomic mass is 19.3. The minimum Gasteiger partial charge on any atom is -0.375 e. The first kappa shape index (κ1) is 13.2. The Morgan fingerprint density at radius 3 is 2.57 bits per heavy atom. The van der Waals surface area contributed by atoms with Crippen LogP contribution in [-0.4, -0.2) is 38.1 Å². The van der Waals surface area contributed by atoms with Crippen LogP contribution in [0.3, 0.4) is 0 Å². The number of carbonyl (C=O) groups excluding carboxylic acids is 1. The van der Waals surface area contributed by atoms with Crippen molar-refractivity contribution in [1.29, 1.82) is 0 Å². The van der Waals surface area contributed by atoms with Gasteiger partial charge in [-0.3, -0.25) is 4.79 Å². The number of nitrogens with two attached hydrogens (primary N) is 1. The summed E-state index contributed by atoms with van der Waals surface area (Å²) in [5.41, 5.74) is 4.22. The number of likely N-dealkylation sites (N-methyl/N-ethyl adjacent to an activating group) is 1. The summed E-state index contributed by atoms with van der Waals surface area (Å²) in [4.78, 5) is 10.9. The van der Waals surface area contributed by atoms with E-state index in [1.165, 1.54) is 0 Å². The summed E-state index contributed by atoms with van der Waals surface area (Å²) in [5.74, 6) is -0.527. The smallest absolute Gasteiger partial charge is 0.261 e. The Kier molecular flexibility index (Phi) is 5.56. The van der Waals surface area contributed by atoms with E-state index in [0.29, 0.717) is 0 Å². The Labute approximate surface area is 81.8 Å². The van der Waals surface area contributed by atoms with Crippen LogP contribution >= 0.6 is 0 Å². The summed E-state index contributed by atoms with van der Waals surface area (Å²) in [6.07, 6.45) is -2.21. The summed E-state index contributed by atoms with van der Waals surface area (Å²) in [5, 5.41) is 2.72. The maximum absolute atomic E-state index is 11.7. The van der Waals surface area contributed by atoms with Crippen LogP contribution in [-0.2, 0) is 9.53 Å². The third kappa shape index (κ3) is 4.48. The molecular formula is C8H16F2N2O2. The molecule has 0 aliphatic rings. The molecule has 3 N–H and O–H groups in total. The molecule has 0 radical (unpaired) electrons. The average molecular weight is 210 g/mol. The molecule has 6 heteroatoms. The number of ether oxygens (including phenoxy) is 1. The minimum absolute atomic E-state index is 0.0740. The second-order valence-corrected chi connectivity index (χ2v) is 3.16. The van der Waals surface area contributed by atoms with Crippen molar-refractivity contribution in [3.05, 3.63) is 0 Å². The van der Waals surface area contributed by atoms with Gasteiger partial charge in [-0.05, 0) is 20.4 Å². The summed E-state index contributed by atoms with van der Waals surface area (Å²) >= 11 is 0. The van der Waals surface area contributed by atoms with Gasteiger partial charge in [0.25, 0.3) is 6.43 Å². The van der Waals surface area contributed by atoms with Gasteiger partial charge in [0.15, 0.2) is 0 Å². The molecule has 1 atom stereocenters. The number of hydrogen-bond donors (Lipinski definition) is 2. The molecule has 0 aliphatic carbocycles. The van der Waals surface area contributed by atoms with Crippen molar-refractivity contribution in [1.82, 2.24) is 5.32 Å². The van der Waals surface area contributed by atoms with Crippen LogP contribution in [0.15, 0.2) is 0 Å². The van der Waals surface area contributed by atoms with E-state index in [-0.39, 0.29) is 13.0 Å². The molecule has 0 rings (SSSR count). The van der Waals surface area contributed by atoms with Crippen LogP contribution in [0.5, 0.6) is 0 Å². The van der Waals surface area contributed by atoms with E-state index >= 15 is 0 Å². The Balaban J connectivity index is 3.79. The lowest BCUT2D eigenvalue weighted by Crippen LogP contribution is -2.52. The van der Waals surface area contributed by atoms with E-state index in [1.54, 1.807) is 14.0 Å². The van der Waals surface area contributed by atoms with Gasteiger partial charge in [-0.2, -0.15) is 0 Å². The van der Waals surface area contributed by atoms with Gasteiger partial charge in [0.1, 0.15) is 6.61 Å². The van der Waals surface area contributed by atoms with Crippen molar-refractivity contribution in [2.45, 2.75) is 25.3 Å². The van der Waals surface area contributed by atoms with Crippen LogP contribution in [0.1, 0.15) is 13.3 Å². The quantitative estimate of drug-likeness (QED) is 0.587. The standard InChI is InChI=1S/C8H16F2N2O2/c1-8(12-2,7(11)13)3-4-14-5-6(9)10/h6,12H,3-5H2,1-2H3,(H2,11,13). The molecule has 1 amide bonds. The topological polar surface area (TPSA) is 64.3 Å². The predicted molar refractivity (Wildman–Crippen MR) is 48.1 cm³/mol. The van der Waals surface area contributed by atoms with Gasteiger partial charge in [0.2, 0.25) is 5.91 Å². The molecule has 0 aromatic heterocycles. The fourth-order valence-electron chi connectivity index (χ4n) is 0.820. The molecule has 0 heterocycles. The molecule has 0 bridgehead atoms. The first-order valence-electron chi connectivity index (χ1n) is 4.27. The third-order valence-electron chi connectivity index (χ3n) is 2.09. The van der Waals surface area contributed by atoms with Crippen LogP contribution in [0, 0.1) is 0 Å². The minimum atomic E-state index is -2.48. The molecule has 0 aromatic rings. The van der Waals surface area contributed by atoms with Gasteiger partial charge in [-0.15, -0.1) is 0 Å². The normalized spacial score (nSPS) is 15.5. The van der Waals surface area contributed by atoms with E-state index < -0.39 is 24.5 Å². The second kappa shape index (κ2) is 5.87. The fourth-order valence-corrected chi connectivity index (χ4v) is 0.820. The van der Waals surface area contributed by atoms with Crippen molar-refractivity contribution >= 4 is 5.91 Å². The van der Waals surface area contributed by atoms with Crippen molar-refractivity contribution in [3.63, 3.8) is 0 Å². The number of amides is 1. The lowest BCUT2D eigenvalue weighted by atomic mass is 9.98. The van der Waals surface area contributed by atoms with Crippen LogP contribution in [0.25, 0.3) is 0 Å². The maximum Gasteiger partial charge on any atom is 0.261 e.